The Balaban J connectivity index is 2.13. The minimum atomic E-state index is 0.273. The molecule has 0 saturated carbocycles. The van der Waals surface area contributed by atoms with Crippen LogP contribution in [-0.2, 0) is 0 Å². The SMILES string of the molecule is CC(C)CCC(C)NC(c1ccccc1)c1ccccc1. The second-order valence-electron chi connectivity index (χ2n) is 6.29. The number of rotatable bonds is 7. The fourth-order valence-corrected chi connectivity index (χ4v) is 2.63. The first-order valence-corrected chi connectivity index (χ1v) is 8.02. The van der Waals surface area contributed by atoms with Crippen LogP contribution in [0.3, 0.4) is 0 Å². The molecular weight excluding hydrogens is 254 g/mol. The number of nitrogens with one attached hydrogen (secondary N) is 1. The summed E-state index contributed by atoms with van der Waals surface area (Å²) in [5, 5.41) is 3.80. The van der Waals surface area contributed by atoms with Crippen LogP contribution in [0.1, 0.15) is 50.8 Å². The van der Waals surface area contributed by atoms with Crippen LogP contribution in [0.25, 0.3) is 0 Å². The zero-order valence-corrected chi connectivity index (χ0v) is 13.4. The molecule has 0 heterocycles. The van der Waals surface area contributed by atoms with E-state index in [0.717, 1.165) is 5.92 Å². The van der Waals surface area contributed by atoms with Gasteiger partial charge >= 0.3 is 0 Å². The van der Waals surface area contributed by atoms with Crippen molar-refractivity contribution in [2.45, 2.75) is 45.7 Å². The summed E-state index contributed by atoms with van der Waals surface area (Å²) in [5.41, 5.74) is 2.67. The lowest BCUT2D eigenvalue weighted by Crippen LogP contribution is -2.31. The molecule has 0 spiro atoms. The molecule has 0 fully saturated rings. The summed E-state index contributed by atoms with van der Waals surface area (Å²) in [5.74, 6) is 0.765. The largest absolute Gasteiger partial charge is 0.304 e. The molecule has 0 bridgehead atoms. The Morgan fingerprint density at radius 1 is 0.714 bits per heavy atom. The molecule has 112 valence electrons. The van der Waals surface area contributed by atoms with Crippen molar-refractivity contribution in [2.24, 2.45) is 5.92 Å². The van der Waals surface area contributed by atoms with E-state index in [2.05, 4.69) is 86.8 Å². The van der Waals surface area contributed by atoms with Crippen LogP contribution in [0.15, 0.2) is 60.7 Å². The molecule has 21 heavy (non-hydrogen) atoms. The molecule has 0 amide bonds. The van der Waals surface area contributed by atoms with Crippen molar-refractivity contribution in [3.63, 3.8) is 0 Å². The van der Waals surface area contributed by atoms with Crippen molar-refractivity contribution < 1.29 is 0 Å². The predicted molar refractivity (Wildman–Crippen MR) is 91.4 cm³/mol. The van der Waals surface area contributed by atoms with Crippen LogP contribution in [0, 0.1) is 5.92 Å². The summed E-state index contributed by atoms with van der Waals surface area (Å²) < 4.78 is 0. The second kappa shape index (κ2) is 7.99. The van der Waals surface area contributed by atoms with Gasteiger partial charge in [-0.05, 0) is 36.8 Å². The smallest absolute Gasteiger partial charge is 0.0578 e. The molecule has 0 aromatic heterocycles. The van der Waals surface area contributed by atoms with Crippen molar-refractivity contribution in [1.29, 1.82) is 0 Å². The van der Waals surface area contributed by atoms with Gasteiger partial charge in [0.2, 0.25) is 0 Å². The lowest BCUT2D eigenvalue weighted by Gasteiger charge is -2.25. The molecule has 0 radical (unpaired) electrons. The van der Waals surface area contributed by atoms with E-state index in [0.29, 0.717) is 6.04 Å². The van der Waals surface area contributed by atoms with E-state index in [1.54, 1.807) is 0 Å². The summed E-state index contributed by atoms with van der Waals surface area (Å²) in [4.78, 5) is 0. The van der Waals surface area contributed by atoms with Gasteiger partial charge in [0.05, 0.1) is 6.04 Å². The van der Waals surface area contributed by atoms with E-state index in [4.69, 9.17) is 0 Å². The molecule has 0 saturated heterocycles. The van der Waals surface area contributed by atoms with Gasteiger partial charge in [-0.1, -0.05) is 74.5 Å². The van der Waals surface area contributed by atoms with E-state index in [-0.39, 0.29) is 6.04 Å². The highest BCUT2D eigenvalue weighted by molar-refractivity contribution is 5.31. The minimum absolute atomic E-state index is 0.273. The maximum Gasteiger partial charge on any atom is 0.0578 e. The number of hydrogen-bond acceptors (Lipinski definition) is 1. The Bertz CT molecular complexity index is 464. The maximum atomic E-state index is 3.80. The van der Waals surface area contributed by atoms with E-state index in [1.807, 2.05) is 0 Å². The summed E-state index contributed by atoms with van der Waals surface area (Å²) in [6.45, 7) is 6.87. The summed E-state index contributed by atoms with van der Waals surface area (Å²) >= 11 is 0. The van der Waals surface area contributed by atoms with Crippen LogP contribution in [0.4, 0.5) is 0 Å². The van der Waals surface area contributed by atoms with Gasteiger partial charge in [0.1, 0.15) is 0 Å². The third kappa shape index (κ3) is 5.02. The first kappa shape index (κ1) is 15.8. The third-order valence-corrected chi connectivity index (χ3v) is 3.89. The van der Waals surface area contributed by atoms with Gasteiger partial charge in [-0.15, -0.1) is 0 Å². The van der Waals surface area contributed by atoms with Crippen LogP contribution in [0.2, 0.25) is 0 Å². The highest BCUT2D eigenvalue weighted by Gasteiger charge is 2.16. The van der Waals surface area contributed by atoms with Crippen LogP contribution in [0.5, 0.6) is 0 Å². The molecule has 2 aromatic carbocycles. The third-order valence-electron chi connectivity index (χ3n) is 3.89. The lowest BCUT2D eigenvalue weighted by molar-refractivity contribution is 0.427. The molecule has 0 aliphatic carbocycles. The zero-order valence-electron chi connectivity index (χ0n) is 13.4. The molecule has 2 rings (SSSR count). The highest BCUT2D eigenvalue weighted by Crippen LogP contribution is 2.23. The molecule has 0 aliphatic rings. The standard InChI is InChI=1S/C20H27N/c1-16(2)14-15-17(3)21-20(18-10-6-4-7-11-18)19-12-8-5-9-13-19/h4-13,16-17,20-21H,14-15H2,1-3H3. The number of benzene rings is 2. The van der Waals surface area contributed by atoms with E-state index < -0.39 is 0 Å². The van der Waals surface area contributed by atoms with Gasteiger partial charge in [-0.3, -0.25) is 0 Å². The van der Waals surface area contributed by atoms with Gasteiger partial charge in [0, 0.05) is 6.04 Å². The highest BCUT2D eigenvalue weighted by atomic mass is 14.9. The Morgan fingerprint density at radius 3 is 1.62 bits per heavy atom. The van der Waals surface area contributed by atoms with E-state index >= 15 is 0 Å². The second-order valence-corrected chi connectivity index (χ2v) is 6.29. The summed E-state index contributed by atoms with van der Waals surface area (Å²) in [6, 6.07) is 22.2. The van der Waals surface area contributed by atoms with Crippen LogP contribution >= 0.6 is 0 Å². The van der Waals surface area contributed by atoms with Crippen LogP contribution < -0.4 is 5.32 Å². The van der Waals surface area contributed by atoms with Crippen molar-refractivity contribution in [3.8, 4) is 0 Å². The average molecular weight is 281 g/mol. The first-order chi connectivity index (χ1) is 10.2. The molecule has 1 atom stereocenters. The predicted octanol–water partition coefficient (Wildman–Crippen LogP) is 5.19. The van der Waals surface area contributed by atoms with E-state index in [1.165, 1.54) is 24.0 Å². The molecule has 1 unspecified atom stereocenters. The van der Waals surface area contributed by atoms with Crippen molar-refractivity contribution in [1.82, 2.24) is 5.32 Å². The van der Waals surface area contributed by atoms with Gasteiger partial charge in [0.15, 0.2) is 0 Å². The molecule has 1 N–H and O–H groups in total. The minimum Gasteiger partial charge on any atom is -0.304 e. The fourth-order valence-electron chi connectivity index (χ4n) is 2.63. The zero-order chi connectivity index (χ0) is 15.1. The Morgan fingerprint density at radius 2 is 1.19 bits per heavy atom. The van der Waals surface area contributed by atoms with Crippen molar-refractivity contribution >= 4 is 0 Å². The van der Waals surface area contributed by atoms with Gasteiger partial charge in [-0.2, -0.15) is 0 Å². The Kier molecular flexibility index (Phi) is 6.01. The van der Waals surface area contributed by atoms with Crippen molar-refractivity contribution in [3.05, 3.63) is 71.8 Å². The topological polar surface area (TPSA) is 12.0 Å². The monoisotopic (exact) mass is 281 g/mol. The normalized spacial score (nSPS) is 12.8. The lowest BCUT2D eigenvalue weighted by atomic mass is 9.96. The van der Waals surface area contributed by atoms with Gasteiger partial charge in [0.25, 0.3) is 0 Å². The number of hydrogen-bond donors (Lipinski definition) is 1. The molecule has 1 heteroatoms. The van der Waals surface area contributed by atoms with Crippen molar-refractivity contribution in [2.75, 3.05) is 0 Å². The average Bonchev–Trinajstić information content (AvgIpc) is 2.52. The Labute approximate surface area is 129 Å². The quantitative estimate of drug-likeness (QED) is 0.736. The molecule has 2 aromatic rings. The molecule has 1 nitrogen and oxygen atoms in total. The fraction of sp³-hybridized carbons (Fsp3) is 0.400. The summed E-state index contributed by atoms with van der Waals surface area (Å²) in [6.07, 6.45) is 2.48. The van der Waals surface area contributed by atoms with E-state index in [9.17, 15) is 0 Å². The van der Waals surface area contributed by atoms with Gasteiger partial charge < -0.3 is 5.32 Å². The van der Waals surface area contributed by atoms with Crippen LogP contribution in [-0.4, -0.2) is 6.04 Å². The summed E-state index contributed by atoms with van der Waals surface area (Å²) in [7, 11) is 0. The first-order valence-electron chi connectivity index (χ1n) is 8.02. The van der Waals surface area contributed by atoms with Gasteiger partial charge in [-0.25, -0.2) is 0 Å². The maximum absolute atomic E-state index is 3.80. The Hall–Kier alpha value is -1.60. The molecular formula is C20H27N. The molecule has 0 aliphatic heterocycles.